The third kappa shape index (κ3) is 3.32. The zero-order valence-corrected chi connectivity index (χ0v) is 12.5. The van der Waals surface area contributed by atoms with Gasteiger partial charge in [-0.15, -0.1) is 11.3 Å². The fourth-order valence-electron chi connectivity index (χ4n) is 2.13. The zero-order chi connectivity index (χ0) is 13.2. The molecular formula is C12H20N2O2S2. The number of nitrogens with one attached hydrogen (secondary N) is 1. The molecule has 0 unspecified atom stereocenters. The van der Waals surface area contributed by atoms with Crippen LogP contribution in [0.2, 0.25) is 0 Å². The van der Waals surface area contributed by atoms with Crippen LogP contribution in [0.1, 0.15) is 24.3 Å². The highest BCUT2D eigenvalue weighted by molar-refractivity contribution is 7.89. The summed E-state index contributed by atoms with van der Waals surface area (Å²) in [6, 6.07) is 2.41. The van der Waals surface area contributed by atoms with Gasteiger partial charge in [0.2, 0.25) is 10.0 Å². The molecule has 4 nitrogen and oxygen atoms in total. The minimum absolute atomic E-state index is 0.147. The van der Waals surface area contributed by atoms with E-state index < -0.39 is 10.0 Å². The van der Waals surface area contributed by atoms with Crippen molar-refractivity contribution in [2.75, 3.05) is 18.8 Å². The van der Waals surface area contributed by atoms with E-state index in [1.165, 1.54) is 10.4 Å². The molecule has 6 heteroatoms. The minimum Gasteiger partial charge on any atom is -0.295 e. The molecule has 0 amide bonds. The van der Waals surface area contributed by atoms with Crippen LogP contribution in [0.25, 0.3) is 0 Å². The number of nitrogens with zero attached hydrogens (tertiary/aromatic N) is 1. The molecule has 1 aromatic heterocycles. The first kappa shape index (κ1) is 14.0. The lowest BCUT2D eigenvalue weighted by Gasteiger charge is -2.32. The predicted octanol–water partition coefficient (Wildman–Crippen LogP) is 1.43. The maximum atomic E-state index is 11.4. The van der Waals surface area contributed by atoms with E-state index in [2.05, 4.69) is 28.0 Å². The third-order valence-electron chi connectivity index (χ3n) is 3.44. The SMILES string of the molecule is CCS(=O)(=O)NC[C@@H](C)N1CCc2sccc2C1. The van der Waals surface area contributed by atoms with Gasteiger partial charge in [-0.05, 0) is 37.3 Å². The normalized spacial score (nSPS) is 18.6. The second-order valence-corrected chi connectivity index (χ2v) is 7.79. The molecule has 1 N–H and O–H groups in total. The van der Waals surface area contributed by atoms with Gasteiger partial charge in [0.25, 0.3) is 0 Å². The van der Waals surface area contributed by atoms with Crippen molar-refractivity contribution in [2.45, 2.75) is 32.9 Å². The van der Waals surface area contributed by atoms with Crippen LogP contribution in [0.4, 0.5) is 0 Å². The molecule has 0 radical (unpaired) electrons. The Morgan fingerprint density at radius 1 is 1.56 bits per heavy atom. The van der Waals surface area contributed by atoms with Crippen LogP contribution < -0.4 is 4.72 Å². The molecule has 2 rings (SSSR count). The van der Waals surface area contributed by atoms with E-state index in [1.807, 2.05) is 11.3 Å². The fraction of sp³-hybridized carbons (Fsp3) is 0.667. The van der Waals surface area contributed by atoms with Gasteiger partial charge in [-0.1, -0.05) is 0 Å². The molecule has 1 aliphatic heterocycles. The van der Waals surface area contributed by atoms with Crippen LogP contribution in [0.3, 0.4) is 0 Å². The summed E-state index contributed by atoms with van der Waals surface area (Å²) >= 11 is 1.82. The van der Waals surface area contributed by atoms with E-state index in [1.54, 1.807) is 6.92 Å². The largest absolute Gasteiger partial charge is 0.295 e. The monoisotopic (exact) mass is 288 g/mol. The standard InChI is InChI=1S/C12H20N2O2S2/c1-3-18(15,16)13-8-10(2)14-6-4-12-11(9-14)5-7-17-12/h5,7,10,13H,3-4,6,8-9H2,1-2H3/t10-/m1/s1. The Bertz CT molecular complexity index is 496. The molecule has 0 saturated heterocycles. The van der Waals surface area contributed by atoms with Gasteiger partial charge in [0.1, 0.15) is 0 Å². The lowest BCUT2D eigenvalue weighted by molar-refractivity contribution is 0.193. The highest BCUT2D eigenvalue weighted by Gasteiger charge is 2.22. The van der Waals surface area contributed by atoms with Crippen molar-refractivity contribution in [2.24, 2.45) is 0 Å². The lowest BCUT2D eigenvalue weighted by atomic mass is 10.1. The van der Waals surface area contributed by atoms with Gasteiger partial charge in [-0.3, -0.25) is 4.90 Å². The summed E-state index contributed by atoms with van der Waals surface area (Å²) in [7, 11) is -3.08. The van der Waals surface area contributed by atoms with Gasteiger partial charge in [0.15, 0.2) is 0 Å². The first-order valence-electron chi connectivity index (χ1n) is 6.28. The minimum atomic E-state index is -3.08. The Kier molecular flexibility index (Phi) is 4.42. The fourth-order valence-corrected chi connectivity index (χ4v) is 3.71. The molecule has 1 atom stereocenters. The second kappa shape index (κ2) is 5.69. The van der Waals surface area contributed by atoms with E-state index in [0.717, 1.165) is 19.5 Å². The van der Waals surface area contributed by atoms with Gasteiger partial charge < -0.3 is 0 Å². The van der Waals surface area contributed by atoms with E-state index in [4.69, 9.17) is 0 Å². The third-order valence-corrected chi connectivity index (χ3v) is 5.83. The number of hydrogen-bond acceptors (Lipinski definition) is 4. The predicted molar refractivity (Wildman–Crippen MR) is 75.4 cm³/mol. The van der Waals surface area contributed by atoms with E-state index >= 15 is 0 Å². The van der Waals surface area contributed by atoms with Crippen LogP contribution in [0.5, 0.6) is 0 Å². The van der Waals surface area contributed by atoms with Crippen molar-refractivity contribution in [1.29, 1.82) is 0 Å². The smallest absolute Gasteiger partial charge is 0.211 e. The van der Waals surface area contributed by atoms with Crippen molar-refractivity contribution < 1.29 is 8.42 Å². The lowest BCUT2D eigenvalue weighted by Crippen LogP contribution is -2.44. The molecule has 1 aliphatic rings. The number of hydrogen-bond donors (Lipinski definition) is 1. The van der Waals surface area contributed by atoms with Crippen LogP contribution in [0.15, 0.2) is 11.4 Å². The number of rotatable bonds is 5. The Balaban J connectivity index is 1.90. The van der Waals surface area contributed by atoms with Gasteiger partial charge in [0, 0.05) is 30.6 Å². The number of fused-ring (bicyclic) bond motifs is 1. The molecule has 1 aromatic rings. The molecule has 2 heterocycles. The van der Waals surface area contributed by atoms with Crippen molar-refractivity contribution in [1.82, 2.24) is 9.62 Å². The molecule has 0 spiro atoms. The van der Waals surface area contributed by atoms with Gasteiger partial charge in [0.05, 0.1) is 5.75 Å². The Labute approximate surface area is 113 Å². The van der Waals surface area contributed by atoms with Crippen molar-refractivity contribution >= 4 is 21.4 Å². The second-order valence-electron chi connectivity index (χ2n) is 4.69. The summed E-state index contributed by atoms with van der Waals surface area (Å²) in [5.74, 6) is 0.147. The summed E-state index contributed by atoms with van der Waals surface area (Å²) in [6.07, 6.45) is 1.08. The Hall–Kier alpha value is -0.430. The Morgan fingerprint density at radius 3 is 3.06 bits per heavy atom. The van der Waals surface area contributed by atoms with Gasteiger partial charge in [-0.25, -0.2) is 13.1 Å². The maximum Gasteiger partial charge on any atom is 0.211 e. The first-order chi connectivity index (χ1) is 8.52. The summed E-state index contributed by atoms with van der Waals surface area (Å²) in [5, 5.41) is 2.14. The number of sulfonamides is 1. The molecule has 0 saturated carbocycles. The average Bonchev–Trinajstić information content (AvgIpc) is 2.83. The van der Waals surface area contributed by atoms with Crippen LogP contribution in [0, 0.1) is 0 Å². The quantitative estimate of drug-likeness (QED) is 0.892. The summed E-state index contributed by atoms with van der Waals surface area (Å²) < 4.78 is 25.5. The molecule has 18 heavy (non-hydrogen) atoms. The van der Waals surface area contributed by atoms with E-state index in [0.29, 0.717) is 6.54 Å². The first-order valence-corrected chi connectivity index (χ1v) is 8.81. The van der Waals surface area contributed by atoms with Crippen LogP contribution >= 0.6 is 11.3 Å². The Morgan fingerprint density at radius 2 is 2.33 bits per heavy atom. The van der Waals surface area contributed by atoms with Crippen molar-refractivity contribution in [3.63, 3.8) is 0 Å². The number of thiophene rings is 1. The zero-order valence-electron chi connectivity index (χ0n) is 10.8. The molecular weight excluding hydrogens is 268 g/mol. The van der Waals surface area contributed by atoms with E-state index in [9.17, 15) is 8.42 Å². The summed E-state index contributed by atoms with van der Waals surface area (Å²) in [5.41, 5.74) is 1.40. The maximum absolute atomic E-state index is 11.4. The van der Waals surface area contributed by atoms with Crippen LogP contribution in [-0.2, 0) is 23.0 Å². The van der Waals surface area contributed by atoms with Gasteiger partial charge in [-0.2, -0.15) is 0 Å². The molecule has 0 fully saturated rings. The molecule has 102 valence electrons. The summed E-state index contributed by atoms with van der Waals surface area (Å²) in [6.45, 7) is 6.19. The van der Waals surface area contributed by atoms with E-state index in [-0.39, 0.29) is 11.8 Å². The van der Waals surface area contributed by atoms with Gasteiger partial charge >= 0.3 is 0 Å². The molecule has 0 aromatic carbocycles. The van der Waals surface area contributed by atoms with Crippen molar-refractivity contribution in [3.8, 4) is 0 Å². The molecule has 0 aliphatic carbocycles. The average molecular weight is 288 g/mol. The van der Waals surface area contributed by atoms with Crippen LogP contribution in [-0.4, -0.2) is 38.2 Å². The summed E-state index contributed by atoms with van der Waals surface area (Å²) in [4.78, 5) is 3.82. The topological polar surface area (TPSA) is 49.4 Å². The highest BCUT2D eigenvalue weighted by atomic mass is 32.2. The molecule has 0 bridgehead atoms. The highest BCUT2D eigenvalue weighted by Crippen LogP contribution is 2.24. The van der Waals surface area contributed by atoms with Crippen molar-refractivity contribution in [3.05, 3.63) is 21.9 Å².